The molecule has 13 heteroatoms. The molecule has 40 heavy (non-hydrogen) atoms. The second kappa shape index (κ2) is 10.4. The largest absolute Gasteiger partial charge is 0.497 e. The van der Waals surface area contributed by atoms with Crippen molar-refractivity contribution in [1.82, 2.24) is 9.55 Å². The van der Waals surface area contributed by atoms with Gasteiger partial charge in [-0.3, -0.25) is 9.36 Å². The number of aromatic nitrogens is 2. The molecule has 0 spiro atoms. The molecular weight excluding hydrogens is 546 g/mol. The van der Waals surface area contributed by atoms with Crippen molar-refractivity contribution in [3.63, 3.8) is 0 Å². The van der Waals surface area contributed by atoms with E-state index in [4.69, 9.17) is 14.2 Å². The SMILES string of the molecule is COc1ccc(Cc2nc3cc(OC)c(OC)cc3c(=O)n2-c2cccc(C(O)(C(F)(F)F)C(F)(F)F)c2)cc1. The Labute approximate surface area is 223 Å². The second-order valence-electron chi connectivity index (χ2n) is 8.67. The zero-order chi connectivity index (χ0) is 29.5. The highest BCUT2D eigenvalue weighted by Gasteiger charge is 2.71. The van der Waals surface area contributed by atoms with E-state index < -0.39 is 29.1 Å². The van der Waals surface area contributed by atoms with Crippen LogP contribution in [0.1, 0.15) is 17.0 Å². The summed E-state index contributed by atoms with van der Waals surface area (Å²) in [7, 11) is 4.17. The first-order chi connectivity index (χ1) is 18.7. The van der Waals surface area contributed by atoms with E-state index in [1.54, 1.807) is 24.3 Å². The predicted octanol–water partition coefficient (Wildman–Crippen LogP) is 5.31. The molecule has 212 valence electrons. The van der Waals surface area contributed by atoms with Gasteiger partial charge in [-0.1, -0.05) is 24.3 Å². The number of hydrogen-bond acceptors (Lipinski definition) is 6. The average Bonchev–Trinajstić information content (AvgIpc) is 2.91. The summed E-state index contributed by atoms with van der Waals surface area (Å²) in [6.07, 6.45) is -12.3. The lowest BCUT2D eigenvalue weighted by atomic mass is 9.92. The van der Waals surface area contributed by atoms with Crippen molar-refractivity contribution in [3.8, 4) is 22.9 Å². The number of rotatable bonds is 7. The number of fused-ring (bicyclic) bond motifs is 1. The normalized spacial score (nSPS) is 12.4. The zero-order valence-electron chi connectivity index (χ0n) is 21.2. The Hall–Kier alpha value is -4.26. The molecule has 0 saturated heterocycles. The highest BCUT2D eigenvalue weighted by atomic mass is 19.4. The molecule has 0 bridgehead atoms. The number of alkyl halides is 6. The number of methoxy groups -OCH3 is 3. The Morgan fingerprint density at radius 2 is 1.43 bits per heavy atom. The maximum absolute atomic E-state index is 13.8. The molecule has 0 aliphatic carbocycles. The summed E-state index contributed by atoms with van der Waals surface area (Å²) in [5.74, 6) is 0.934. The summed E-state index contributed by atoms with van der Waals surface area (Å²) in [6.45, 7) is 0. The van der Waals surface area contributed by atoms with Crippen LogP contribution in [0.2, 0.25) is 0 Å². The van der Waals surface area contributed by atoms with E-state index in [1.165, 1.54) is 33.5 Å². The summed E-state index contributed by atoms with van der Waals surface area (Å²) < 4.78 is 98.2. The van der Waals surface area contributed by atoms with Crippen molar-refractivity contribution in [1.29, 1.82) is 0 Å². The Morgan fingerprint density at radius 3 is 1.98 bits per heavy atom. The lowest BCUT2D eigenvalue weighted by Crippen LogP contribution is -2.54. The molecule has 1 heterocycles. The van der Waals surface area contributed by atoms with Gasteiger partial charge in [-0.05, 0) is 35.9 Å². The fraction of sp³-hybridized carbons (Fsp3) is 0.259. The molecule has 0 amide bonds. The number of halogens is 6. The lowest BCUT2D eigenvalue weighted by molar-refractivity contribution is -0.376. The number of benzene rings is 3. The molecule has 3 aromatic carbocycles. The van der Waals surface area contributed by atoms with Gasteiger partial charge >= 0.3 is 12.4 Å². The third kappa shape index (κ3) is 4.92. The zero-order valence-corrected chi connectivity index (χ0v) is 21.2. The molecule has 0 aliphatic rings. The fourth-order valence-electron chi connectivity index (χ4n) is 4.23. The second-order valence-corrected chi connectivity index (χ2v) is 8.67. The Bertz CT molecular complexity index is 1580. The third-order valence-corrected chi connectivity index (χ3v) is 6.31. The number of ether oxygens (including phenoxy) is 3. The molecule has 0 radical (unpaired) electrons. The van der Waals surface area contributed by atoms with Crippen LogP contribution in [0.25, 0.3) is 16.6 Å². The number of aliphatic hydroxyl groups is 1. The molecule has 1 aromatic heterocycles. The summed E-state index contributed by atoms with van der Waals surface area (Å²) in [4.78, 5) is 18.3. The molecule has 7 nitrogen and oxygen atoms in total. The summed E-state index contributed by atoms with van der Waals surface area (Å²) in [5, 5.41) is 9.91. The van der Waals surface area contributed by atoms with Crippen molar-refractivity contribution in [2.45, 2.75) is 24.4 Å². The van der Waals surface area contributed by atoms with Crippen molar-refractivity contribution in [2.75, 3.05) is 21.3 Å². The van der Waals surface area contributed by atoms with Gasteiger partial charge < -0.3 is 19.3 Å². The predicted molar refractivity (Wildman–Crippen MR) is 132 cm³/mol. The highest BCUT2D eigenvalue weighted by molar-refractivity contribution is 5.82. The molecular formula is C27H22F6N2O5. The molecule has 1 N–H and O–H groups in total. The van der Waals surface area contributed by atoms with Gasteiger partial charge in [-0.15, -0.1) is 0 Å². The average molecular weight is 568 g/mol. The third-order valence-electron chi connectivity index (χ3n) is 6.31. The van der Waals surface area contributed by atoms with E-state index in [9.17, 15) is 36.2 Å². The van der Waals surface area contributed by atoms with Crippen molar-refractivity contribution in [3.05, 3.63) is 88.0 Å². The van der Waals surface area contributed by atoms with Crippen LogP contribution in [-0.2, 0) is 12.0 Å². The first-order valence-corrected chi connectivity index (χ1v) is 11.5. The van der Waals surface area contributed by atoms with Gasteiger partial charge in [0.1, 0.15) is 11.6 Å². The first kappa shape index (κ1) is 28.7. The quantitative estimate of drug-likeness (QED) is 0.304. The summed E-state index contributed by atoms with van der Waals surface area (Å²) in [5.41, 5.74) is -7.10. The van der Waals surface area contributed by atoms with E-state index in [-0.39, 0.29) is 40.3 Å². The van der Waals surface area contributed by atoms with Gasteiger partial charge in [-0.2, -0.15) is 26.3 Å². The van der Waals surface area contributed by atoms with E-state index in [1.807, 2.05) is 0 Å². The fourth-order valence-corrected chi connectivity index (χ4v) is 4.23. The maximum Gasteiger partial charge on any atom is 0.430 e. The van der Waals surface area contributed by atoms with Gasteiger partial charge in [0, 0.05) is 18.1 Å². The molecule has 0 saturated carbocycles. The molecule has 0 atom stereocenters. The maximum atomic E-state index is 13.8. The van der Waals surface area contributed by atoms with Crippen LogP contribution < -0.4 is 19.8 Å². The molecule has 4 rings (SSSR count). The van der Waals surface area contributed by atoms with Crippen molar-refractivity contribution >= 4 is 10.9 Å². The van der Waals surface area contributed by atoms with E-state index >= 15 is 0 Å². The number of nitrogens with zero attached hydrogens (tertiary/aromatic N) is 2. The van der Waals surface area contributed by atoms with E-state index in [0.29, 0.717) is 23.4 Å². The Balaban J connectivity index is 2.01. The van der Waals surface area contributed by atoms with Gasteiger partial charge in [-0.25, -0.2) is 4.98 Å². The lowest BCUT2D eigenvalue weighted by Gasteiger charge is -2.33. The minimum atomic E-state index is -6.10. The smallest absolute Gasteiger partial charge is 0.430 e. The topological polar surface area (TPSA) is 82.8 Å². The summed E-state index contributed by atoms with van der Waals surface area (Å²) >= 11 is 0. The minimum absolute atomic E-state index is 0.00501. The van der Waals surface area contributed by atoms with Crippen LogP contribution in [0.15, 0.2) is 65.5 Å². The molecule has 0 unspecified atom stereocenters. The Morgan fingerprint density at radius 1 is 0.825 bits per heavy atom. The number of hydrogen-bond donors (Lipinski definition) is 1. The monoisotopic (exact) mass is 568 g/mol. The van der Waals surface area contributed by atoms with Gasteiger partial charge in [0.2, 0.25) is 0 Å². The Kier molecular flexibility index (Phi) is 7.45. The van der Waals surface area contributed by atoms with Crippen LogP contribution in [-0.4, -0.2) is 48.3 Å². The van der Waals surface area contributed by atoms with E-state index in [2.05, 4.69) is 4.98 Å². The van der Waals surface area contributed by atoms with Gasteiger partial charge in [0.05, 0.1) is 37.9 Å². The van der Waals surface area contributed by atoms with E-state index in [0.717, 1.165) is 16.7 Å². The highest BCUT2D eigenvalue weighted by Crippen LogP contribution is 2.50. The van der Waals surface area contributed by atoms with Gasteiger partial charge in [0.25, 0.3) is 11.2 Å². The molecule has 0 aliphatic heterocycles. The first-order valence-electron chi connectivity index (χ1n) is 11.5. The van der Waals surface area contributed by atoms with Crippen LogP contribution in [0.3, 0.4) is 0 Å². The molecule has 4 aromatic rings. The minimum Gasteiger partial charge on any atom is -0.497 e. The van der Waals surface area contributed by atoms with Gasteiger partial charge in [0.15, 0.2) is 11.5 Å². The van der Waals surface area contributed by atoms with Crippen LogP contribution in [0.4, 0.5) is 26.3 Å². The summed E-state index contributed by atoms with van der Waals surface area (Å²) in [6, 6.07) is 12.3. The van der Waals surface area contributed by atoms with Crippen molar-refractivity contribution < 1.29 is 45.7 Å². The standard InChI is InChI=1S/C27H22F6N2O5/c1-38-18-9-7-15(8-10-18)11-23-34-20-14-22(40-3)21(39-2)13-19(20)24(36)35(23)17-6-4-5-16(12-17)25(37,26(28,29)30)27(31,32)33/h4-10,12-14,37H,11H2,1-3H3. The van der Waals surface area contributed by atoms with Crippen LogP contribution >= 0.6 is 0 Å². The van der Waals surface area contributed by atoms with Crippen molar-refractivity contribution in [2.24, 2.45) is 0 Å². The van der Waals surface area contributed by atoms with Crippen LogP contribution in [0.5, 0.6) is 17.2 Å². The van der Waals surface area contributed by atoms with Crippen LogP contribution in [0, 0.1) is 0 Å². The molecule has 0 fully saturated rings.